The number of imidazole rings is 1. The fourth-order valence-electron chi connectivity index (χ4n) is 3.07. The Morgan fingerprint density at radius 3 is 2.30 bits per heavy atom. The summed E-state index contributed by atoms with van der Waals surface area (Å²) in [5.74, 6) is 0.388. The zero-order chi connectivity index (χ0) is 21.6. The molecule has 4 aromatic rings. The molecule has 0 saturated heterocycles. The van der Waals surface area contributed by atoms with Crippen molar-refractivity contribution in [3.63, 3.8) is 0 Å². The van der Waals surface area contributed by atoms with Crippen LogP contribution in [0.2, 0.25) is 15.1 Å². The van der Waals surface area contributed by atoms with E-state index in [1.54, 1.807) is 41.9 Å². The van der Waals surface area contributed by atoms with E-state index in [-0.39, 0.29) is 23.7 Å². The van der Waals surface area contributed by atoms with Gasteiger partial charge in [0.05, 0.1) is 16.6 Å². The highest BCUT2D eigenvalue weighted by Gasteiger charge is 2.21. The molecule has 0 aliphatic heterocycles. The van der Waals surface area contributed by atoms with Gasteiger partial charge in [-0.25, -0.2) is 4.79 Å². The molecule has 154 valence electrons. The van der Waals surface area contributed by atoms with Crippen LogP contribution < -0.4 is 16.0 Å². The predicted octanol–water partition coefficient (Wildman–Crippen LogP) is 4.23. The molecule has 2 aromatic heterocycles. The molecule has 0 fully saturated rings. The van der Waals surface area contributed by atoms with Crippen LogP contribution >= 0.6 is 34.8 Å². The van der Waals surface area contributed by atoms with Gasteiger partial charge in [-0.05, 0) is 29.8 Å². The number of benzene rings is 2. The molecule has 4 rings (SSSR count). The lowest BCUT2D eigenvalue weighted by atomic mass is 10.2. The van der Waals surface area contributed by atoms with Crippen LogP contribution in [0.1, 0.15) is 5.56 Å². The standard InChI is InChI=1S/C20H15Cl3N4O3/c1-25-17-16(18(28)26(2)20(25)29)27(10-11-3-5-12(21)6-4-11)19(24-17)30-13-7-8-14(22)15(23)9-13/h3-9H,10H2,1-2H3. The van der Waals surface area contributed by atoms with Crippen LogP contribution in [0.4, 0.5) is 0 Å². The Morgan fingerprint density at radius 2 is 1.63 bits per heavy atom. The maximum atomic E-state index is 12.9. The van der Waals surface area contributed by atoms with Crippen molar-refractivity contribution in [1.29, 1.82) is 0 Å². The van der Waals surface area contributed by atoms with Gasteiger partial charge in [0.1, 0.15) is 5.75 Å². The number of ether oxygens (including phenoxy) is 1. The van der Waals surface area contributed by atoms with Gasteiger partial charge in [0, 0.05) is 25.2 Å². The van der Waals surface area contributed by atoms with Crippen LogP contribution in [-0.2, 0) is 20.6 Å². The van der Waals surface area contributed by atoms with Crippen molar-refractivity contribution in [3.8, 4) is 11.8 Å². The van der Waals surface area contributed by atoms with Crippen LogP contribution in [0.15, 0.2) is 52.1 Å². The molecule has 0 saturated carbocycles. The molecule has 0 spiro atoms. The summed E-state index contributed by atoms with van der Waals surface area (Å²) in [5, 5.41) is 1.30. The molecular formula is C20H15Cl3N4O3. The monoisotopic (exact) mass is 464 g/mol. The van der Waals surface area contributed by atoms with Gasteiger partial charge >= 0.3 is 11.7 Å². The van der Waals surface area contributed by atoms with Gasteiger partial charge in [-0.2, -0.15) is 4.98 Å². The summed E-state index contributed by atoms with van der Waals surface area (Å²) in [5.41, 5.74) is 0.369. The highest BCUT2D eigenvalue weighted by molar-refractivity contribution is 6.42. The maximum absolute atomic E-state index is 12.9. The number of halogens is 3. The van der Waals surface area contributed by atoms with E-state index in [4.69, 9.17) is 39.5 Å². The average Bonchev–Trinajstić information content (AvgIpc) is 3.07. The van der Waals surface area contributed by atoms with Gasteiger partial charge in [0.15, 0.2) is 11.2 Å². The number of nitrogens with zero attached hydrogens (tertiary/aromatic N) is 4. The first-order valence-corrected chi connectivity index (χ1v) is 9.93. The quantitative estimate of drug-likeness (QED) is 0.452. The lowest BCUT2D eigenvalue weighted by Gasteiger charge is -2.11. The lowest BCUT2D eigenvalue weighted by Crippen LogP contribution is -2.37. The van der Waals surface area contributed by atoms with Crippen LogP contribution in [0.5, 0.6) is 11.8 Å². The van der Waals surface area contributed by atoms with Crippen molar-refractivity contribution in [3.05, 3.63) is 83.9 Å². The molecular weight excluding hydrogens is 451 g/mol. The van der Waals surface area contributed by atoms with Crippen molar-refractivity contribution < 1.29 is 4.74 Å². The summed E-state index contributed by atoms with van der Waals surface area (Å²) in [6, 6.07) is 12.1. The molecule has 0 aliphatic rings. The highest BCUT2D eigenvalue weighted by atomic mass is 35.5. The van der Waals surface area contributed by atoms with Crippen LogP contribution in [0.3, 0.4) is 0 Å². The Bertz CT molecular complexity index is 1390. The number of rotatable bonds is 4. The smallest absolute Gasteiger partial charge is 0.332 e. The van der Waals surface area contributed by atoms with E-state index in [0.29, 0.717) is 20.8 Å². The number of fused-ring (bicyclic) bond motifs is 1. The molecule has 2 aromatic carbocycles. The van der Waals surface area contributed by atoms with Gasteiger partial charge in [-0.3, -0.25) is 18.5 Å². The topological polar surface area (TPSA) is 71.1 Å². The van der Waals surface area contributed by atoms with Crippen molar-refractivity contribution >= 4 is 46.0 Å². The van der Waals surface area contributed by atoms with E-state index in [9.17, 15) is 9.59 Å². The molecule has 0 unspecified atom stereocenters. The number of hydrogen-bond donors (Lipinski definition) is 0. The van der Waals surface area contributed by atoms with Gasteiger partial charge in [-0.1, -0.05) is 46.9 Å². The van der Waals surface area contributed by atoms with E-state index >= 15 is 0 Å². The SMILES string of the molecule is Cn1c(=O)c2c(nc(Oc3ccc(Cl)c(Cl)c3)n2Cc2ccc(Cl)cc2)n(C)c1=O. The fourth-order valence-corrected chi connectivity index (χ4v) is 3.48. The van der Waals surface area contributed by atoms with E-state index in [0.717, 1.165) is 10.1 Å². The second-order valence-corrected chi connectivity index (χ2v) is 7.91. The first-order valence-electron chi connectivity index (χ1n) is 8.80. The summed E-state index contributed by atoms with van der Waals surface area (Å²) in [7, 11) is 2.97. The summed E-state index contributed by atoms with van der Waals surface area (Å²) < 4.78 is 9.88. The third kappa shape index (κ3) is 3.60. The molecule has 0 radical (unpaired) electrons. The molecule has 0 aliphatic carbocycles. The largest absolute Gasteiger partial charge is 0.425 e. The molecule has 0 N–H and O–H groups in total. The van der Waals surface area contributed by atoms with Gasteiger partial charge in [0.25, 0.3) is 5.56 Å². The van der Waals surface area contributed by atoms with E-state index < -0.39 is 11.2 Å². The average molecular weight is 466 g/mol. The minimum atomic E-state index is -0.482. The Morgan fingerprint density at radius 1 is 0.933 bits per heavy atom. The summed E-state index contributed by atoms with van der Waals surface area (Å²) in [4.78, 5) is 29.7. The molecule has 30 heavy (non-hydrogen) atoms. The Balaban J connectivity index is 1.93. The van der Waals surface area contributed by atoms with E-state index in [1.807, 2.05) is 12.1 Å². The summed E-state index contributed by atoms with van der Waals surface area (Å²) >= 11 is 18.0. The minimum Gasteiger partial charge on any atom is -0.425 e. The Labute approximate surface area is 185 Å². The predicted molar refractivity (Wildman–Crippen MR) is 117 cm³/mol. The number of aromatic nitrogens is 4. The zero-order valence-electron chi connectivity index (χ0n) is 15.9. The highest BCUT2D eigenvalue weighted by Crippen LogP contribution is 2.30. The third-order valence-electron chi connectivity index (χ3n) is 4.67. The third-order valence-corrected chi connectivity index (χ3v) is 5.66. The molecule has 0 amide bonds. The van der Waals surface area contributed by atoms with E-state index in [1.165, 1.54) is 11.6 Å². The second kappa shape index (κ2) is 7.83. The van der Waals surface area contributed by atoms with Gasteiger partial charge in [0.2, 0.25) is 0 Å². The maximum Gasteiger partial charge on any atom is 0.332 e. The Kier molecular flexibility index (Phi) is 5.36. The van der Waals surface area contributed by atoms with Crippen molar-refractivity contribution in [1.82, 2.24) is 18.7 Å². The molecule has 0 atom stereocenters. The van der Waals surface area contributed by atoms with Crippen molar-refractivity contribution in [2.24, 2.45) is 14.1 Å². The zero-order valence-corrected chi connectivity index (χ0v) is 18.2. The van der Waals surface area contributed by atoms with Crippen LogP contribution in [0, 0.1) is 0 Å². The minimum absolute atomic E-state index is 0.136. The molecule has 0 bridgehead atoms. The second-order valence-electron chi connectivity index (χ2n) is 6.66. The van der Waals surface area contributed by atoms with Gasteiger partial charge in [-0.15, -0.1) is 0 Å². The first kappa shape index (κ1) is 20.5. The first-order chi connectivity index (χ1) is 14.3. The normalized spacial score (nSPS) is 11.2. The van der Waals surface area contributed by atoms with E-state index in [2.05, 4.69) is 4.98 Å². The summed E-state index contributed by atoms with van der Waals surface area (Å²) in [6.45, 7) is 0.276. The molecule has 2 heterocycles. The van der Waals surface area contributed by atoms with Gasteiger partial charge < -0.3 is 4.74 Å². The molecule has 10 heteroatoms. The van der Waals surface area contributed by atoms with Crippen molar-refractivity contribution in [2.75, 3.05) is 0 Å². The van der Waals surface area contributed by atoms with Crippen LogP contribution in [-0.4, -0.2) is 18.7 Å². The molecule has 7 nitrogen and oxygen atoms in total. The fraction of sp³-hybridized carbons (Fsp3) is 0.150. The Hall–Kier alpha value is -2.74. The number of aryl methyl sites for hydroxylation is 1. The number of hydrogen-bond acceptors (Lipinski definition) is 4. The lowest BCUT2D eigenvalue weighted by molar-refractivity contribution is 0.421. The van der Waals surface area contributed by atoms with Crippen molar-refractivity contribution in [2.45, 2.75) is 6.54 Å². The summed E-state index contributed by atoms with van der Waals surface area (Å²) in [6.07, 6.45) is 0. The van der Waals surface area contributed by atoms with Crippen LogP contribution in [0.25, 0.3) is 11.2 Å².